The summed E-state index contributed by atoms with van der Waals surface area (Å²) in [6.45, 7) is 6.85. The molecule has 0 aliphatic carbocycles. The molecule has 0 aliphatic rings. The zero-order chi connectivity index (χ0) is 35.8. The summed E-state index contributed by atoms with van der Waals surface area (Å²) >= 11 is -5.02. The fourth-order valence-corrected chi connectivity index (χ4v) is 26.6. The fraction of sp³-hybridized carbons (Fsp3) is 0.118. The van der Waals surface area contributed by atoms with Crippen LogP contribution < -0.4 is 0 Å². The van der Waals surface area contributed by atoms with Crippen molar-refractivity contribution in [3.8, 4) is 0 Å². The molecular formula is C34H33IN2O8S4. The Kier molecular flexibility index (Phi) is 10.6. The Labute approximate surface area is 296 Å². The van der Waals surface area contributed by atoms with Gasteiger partial charge in [-0.1, -0.05) is 0 Å². The molecule has 0 saturated heterocycles. The van der Waals surface area contributed by atoms with E-state index >= 15 is 0 Å². The number of sulfonamides is 4. The van der Waals surface area contributed by atoms with Gasteiger partial charge in [-0.25, -0.2) is 0 Å². The number of benzene rings is 5. The van der Waals surface area contributed by atoms with E-state index in [-0.39, 0.29) is 7.42 Å². The van der Waals surface area contributed by atoms with Crippen LogP contribution in [0.1, 0.15) is 22.3 Å². The predicted molar refractivity (Wildman–Crippen MR) is 196 cm³/mol. The van der Waals surface area contributed by atoms with E-state index < -0.39 is 80.0 Å². The third-order valence-corrected chi connectivity index (χ3v) is 27.6. The van der Waals surface area contributed by atoms with Crippen molar-refractivity contribution in [1.82, 2.24) is 3.85 Å². The summed E-state index contributed by atoms with van der Waals surface area (Å²) < 4.78 is 119. The molecule has 0 aliphatic heterocycles. The Hall–Kier alpha value is -3.45. The van der Waals surface area contributed by atoms with Gasteiger partial charge < -0.3 is 0 Å². The van der Waals surface area contributed by atoms with Crippen LogP contribution >= 0.6 is 20.4 Å². The summed E-state index contributed by atoms with van der Waals surface area (Å²) in [7, 11) is -20.7. The summed E-state index contributed by atoms with van der Waals surface area (Å²) in [4.78, 5) is -1.86. The minimum atomic E-state index is -5.18. The van der Waals surface area contributed by atoms with E-state index in [1.54, 1.807) is 33.8 Å². The number of hydrogen-bond donors (Lipinski definition) is 0. The molecule has 0 radical (unpaired) electrons. The first-order valence-corrected chi connectivity index (χ1v) is 23.4. The molecule has 0 aromatic heterocycles. The van der Waals surface area contributed by atoms with Crippen molar-refractivity contribution < 1.29 is 33.7 Å². The van der Waals surface area contributed by atoms with Crippen molar-refractivity contribution in [2.75, 3.05) is 0 Å². The number of halogens is 1. The van der Waals surface area contributed by atoms with Gasteiger partial charge in [0.15, 0.2) is 0 Å². The number of hydrogen-bond acceptors (Lipinski definition) is 8. The Morgan fingerprint density at radius 3 is 0.796 bits per heavy atom. The van der Waals surface area contributed by atoms with Gasteiger partial charge in [0.2, 0.25) is 0 Å². The van der Waals surface area contributed by atoms with Gasteiger partial charge in [-0.2, -0.15) is 0 Å². The standard InChI is InChI=1S/C34H33IN2O8S4/c1-26-10-18-31(19-11-26)46(38,39)36(47(40,41)32-20-12-27(2)13-21-32)35(30-8-6-5-7-9-30)37(48(42,43)33-22-14-28(3)15-23-33)49(44,45)34-24-16-29(4)17-25-34/h5-25H,1-4H3. The van der Waals surface area contributed by atoms with Gasteiger partial charge in [0.05, 0.1) is 0 Å². The summed E-state index contributed by atoms with van der Waals surface area (Å²) in [5, 5.41) is 0. The van der Waals surface area contributed by atoms with Crippen molar-refractivity contribution in [3.63, 3.8) is 0 Å². The van der Waals surface area contributed by atoms with Crippen molar-refractivity contribution in [1.29, 1.82) is 0 Å². The van der Waals surface area contributed by atoms with Crippen molar-refractivity contribution in [2.24, 2.45) is 0 Å². The first-order chi connectivity index (χ1) is 23.0. The second-order valence-corrected chi connectivity index (χ2v) is 25.9. The minimum absolute atomic E-state index is 0.0931. The van der Waals surface area contributed by atoms with Gasteiger partial charge in [-0.05, 0) is 0 Å². The molecule has 0 amide bonds. The van der Waals surface area contributed by atoms with Crippen LogP contribution in [0.4, 0.5) is 0 Å². The Bertz CT molecular complexity index is 2100. The van der Waals surface area contributed by atoms with E-state index in [1.165, 1.54) is 121 Å². The summed E-state index contributed by atoms with van der Waals surface area (Å²) in [6.07, 6.45) is 0. The molecule has 15 heteroatoms. The van der Waals surface area contributed by atoms with Gasteiger partial charge in [0.1, 0.15) is 0 Å². The van der Waals surface area contributed by atoms with Crippen LogP contribution in [0.2, 0.25) is 0 Å². The zero-order valence-electron chi connectivity index (χ0n) is 26.8. The van der Waals surface area contributed by atoms with E-state index in [2.05, 4.69) is 0 Å². The molecular weight excluding hydrogens is 820 g/mol. The second kappa shape index (κ2) is 14.0. The van der Waals surface area contributed by atoms with Gasteiger partial charge in [0, 0.05) is 0 Å². The SMILES string of the molecule is Cc1ccc(S(=O)(=O)N(I(c2ccccc2)N(S(=O)(=O)c2ccc(C)cc2)S(=O)(=O)c2ccc(C)cc2)S(=O)(=O)c2ccc(C)cc2)cc1. The van der Waals surface area contributed by atoms with Crippen molar-refractivity contribution in [3.05, 3.63) is 153 Å². The third-order valence-electron chi connectivity index (χ3n) is 7.22. The number of aryl methyl sites for hydroxylation is 4. The predicted octanol–water partition coefficient (Wildman–Crippen LogP) is 6.59. The molecule has 5 aromatic carbocycles. The van der Waals surface area contributed by atoms with Crippen LogP contribution in [0, 0.1) is 31.3 Å². The zero-order valence-corrected chi connectivity index (χ0v) is 32.2. The van der Waals surface area contributed by atoms with E-state index in [0.29, 0.717) is 22.3 Å². The van der Waals surface area contributed by atoms with E-state index in [1.807, 2.05) is 0 Å². The van der Waals surface area contributed by atoms with Crippen LogP contribution in [-0.4, -0.2) is 37.5 Å². The summed E-state index contributed by atoms with van der Waals surface area (Å²) in [6, 6.07) is 28.5. The number of nitrogens with zero attached hydrogens (tertiary/aromatic N) is 2. The van der Waals surface area contributed by atoms with Crippen LogP contribution in [0.15, 0.2) is 147 Å². The Balaban J connectivity index is 1.96. The average Bonchev–Trinajstić information content (AvgIpc) is 3.05. The molecule has 5 rings (SSSR count). The topological polar surface area (TPSA) is 143 Å². The Morgan fingerprint density at radius 2 is 0.571 bits per heavy atom. The molecule has 0 fully saturated rings. The summed E-state index contributed by atoms with van der Waals surface area (Å²) in [5.41, 5.74) is 2.71. The van der Waals surface area contributed by atoms with Crippen LogP contribution in [0.3, 0.4) is 0 Å². The molecule has 0 unspecified atom stereocenters. The second-order valence-electron chi connectivity index (χ2n) is 11.1. The van der Waals surface area contributed by atoms with Gasteiger partial charge in [0.25, 0.3) is 0 Å². The molecule has 0 saturated carbocycles. The first-order valence-electron chi connectivity index (χ1n) is 14.6. The molecule has 10 nitrogen and oxygen atoms in total. The Morgan fingerprint density at radius 1 is 0.347 bits per heavy atom. The first kappa shape index (κ1) is 36.8. The molecule has 49 heavy (non-hydrogen) atoms. The van der Waals surface area contributed by atoms with E-state index in [0.717, 1.165) is 0 Å². The van der Waals surface area contributed by atoms with Crippen LogP contribution in [-0.2, 0) is 40.1 Å². The van der Waals surface area contributed by atoms with E-state index in [9.17, 15) is 33.7 Å². The maximum absolute atomic E-state index is 14.8. The molecule has 0 heterocycles. The van der Waals surface area contributed by atoms with E-state index in [4.69, 9.17) is 0 Å². The van der Waals surface area contributed by atoms with Crippen molar-refractivity contribution in [2.45, 2.75) is 47.3 Å². The van der Waals surface area contributed by atoms with Gasteiger partial charge >= 0.3 is 298 Å². The average molecular weight is 853 g/mol. The van der Waals surface area contributed by atoms with Crippen LogP contribution in [0.25, 0.3) is 0 Å². The fourth-order valence-electron chi connectivity index (χ4n) is 4.51. The third kappa shape index (κ3) is 7.38. The van der Waals surface area contributed by atoms with Gasteiger partial charge in [-0.3, -0.25) is 0 Å². The molecule has 0 atom stereocenters. The normalized spacial score (nSPS) is 13.1. The molecule has 0 bridgehead atoms. The molecule has 258 valence electrons. The maximum atomic E-state index is 14.8. The molecule has 5 aromatic rings. The molecule has 0 N–H and O–H groups in total. The monoisotopic (exact) mass is 852 g/mol. The quantitative estimate of drug-likeness (QED) is 0.107. The molecule has 0 spiro atoms. The van der Waals surface area contributed by atoms with Gasteiger partial charge in [-0.15, -0.1) is 0 Å². The van der Waals surface area contributed by atoms with Crippen molar-refractivity contribution >= 4 is 60.5 Å². The van der Waals surface area contributed by atoms with Crippen LogP contribution in [0.5, 0.6) is 0 Å². The number of rotatable bonds is 11. The summed E-state index contributed by atoms with van der Waals surface area (Å²) in [5.74, 6) is 0.